The highest BCUT2D eigenvalue weighted by Crippen LogP contribution is 2.04. The minimum Gasteiger partial charge on any atom is -0.338 e. The van der Waals surface area contributed by atoms with Gasteiger partial charge in [0.15, 0.2) is 5.78 Å². The maximum absolute atomic E-state index is 11.7. The van der Waals surface area contributed by atoms with Crippen molar-refractivity contribution in [3.63, 3.8) is 0 Å². The van der Waals surface area contributed by atoms with Gasteiger partial charge in [0.05, 0.1) is 6.54 Å². The maximum atomic E-state index is 11.7. The molecule has 2 N–H and O–H groups in total. The van der Waals surface area contributed by atoms with E-state index in [-0.39, 0.29) is 18.4 Å². The Labute approximate surface area is 133 Å². The number of benzene rings is 1. The lowest BCUT2D eigenvalue weighted by atomic mass is 10.1. The number of unbranched alkanes of at least 4 members (excludes halogenated alkanes) is 3. The largest absolute Gasteiger partial charge is 0.338 e. The van der Waals surface area contributed by atoms with E-state index in [1.54, 1.807) is 0 Å². The zero-order chi connectivity index (χ0) is 16.0. The average molecular weight is 304 g/mol. The van der Waals surface area contributed by atoms with Crippen LogP contribution in [0.3, 0.4) is 0 Å². The Hall–Kier alpha value is -1.84. The predicted molar refractivity (Wildman–Crippen MR) is 89.9 cm³/mol. The Balaban J connectivity index is 2.01. The van der Waals surface area contributed by atoms with Gasteiger partial charge in [-0.2, -0.15) is 0 Å². The standard InChI is InChI=1S/C18H28N2O2/c1-2-3-4-8-14-19-18(22)20-15-17(21)13-9-12-16-10-6-5-7-11-16/h5-7,10-11H,2-4,8-9,12-15H2,1H3,(H2,19,20,22). The summed E-state index contributed by atoms with van der Waals surface area (Å²) in [6, 6.07) is 9.88. The molecule has 4 nitrogen and oxygen atoms in total. The number of ketones is 1. The Morgan fingerprint density at radius 2 is 1.73 bits per heavy atom. The van der Waals surface area contributed by atoms with E-state index >= 15 is 0 Å². The quantitative estimate of drug-likeness (QED) is 0.615. The van der Waals surface area contributed by atoms with Crippen LogP contribution in [-0.2, 0) is 11.2 Å². The van der Waals surface area contributed by atoms with Crippen molar-refractivity contribution in [2.75, 3.05) is 13.1 Å². The highest BCUT2D eigenvalue weighted by molar-refractivity contribution is 5.85. The molecule has 0 saturated carbocycles. The summed E-state index contributed by atoms with van der Waals surface area (Å²) in [5.41, 5.74) is 1.24. The molecule has 0 aliphatic carbocycles. The van der Waals surface area contributed by atoms with Gasteiger partial charge in [-0.05, 0) is 24.8 Å². The first-order valence-corrected chi connectivity index (χ1v) is 8.29. The number of aryl methyl sites for hydroxylation is 1. The highest BCUT2D eigenvalue weighted by Gasteiger charge is 2.05. The van der Waals surface area contributed by atoms with Crippen LogP contribution in [0.25, 0.3) is 0 Å². The van der Waals surface area contributed by atoms with Crippen LogP contribution in [0.1, 0.15) is 51.0 Å². The second kappa shape index (κ2) is 11.8. The number of rotatable bonds is 11. The molecule has 0 fully saturated rings. The summed E-state index contributed by atoms with van der Waals surface area (Å²) >= 11 is 0. The molecule has 0 radical (unpaired) electrons. The first-order valence-electron chi connectivity index (χ1n) is 8.29. The van der Waals surface area contributed by atoms with Gasteiger partial charge in [-0.15, -0.1) is 0 Å². The molecule has 0 atom stereocenters. The van der Waals surface area contributed by atoms with E-state index < -0.39 is 0 Å². The Bertz CT molecular complexity index is 432. The van der Waals surface area contributed by atoms with E-state index in [9.17, 15) is 9.59 Å². The summed E-state index contributed by atoms with van der Waals surface area (Å²) < 4.78 is 0. The molecule has 1 aromatic rings. The molecular weight excluding hydrogens is 276 g/mol. The van der Waals surface area contributed by atoms with Gasteiger partial charge in [-0.3, -0.25) is 4.79 Å². The van der Waals surface area contributed by atoms with Crippen molar-refractivity contribution >= 4 is 11.8 Å². The van der Waals surface area contributed by atoms with Gasteiger partial charge in [-0.25, -0.2) is 4.79 Å². The molecule has 122 valence electrons. The molecular formula is C18H28N2O2. The van der Waals surface area contributed by atoms with Crippen LogP contribution in [0.2, 0.25) is 0 Å². The molecule has 0 unspecified atom stereocenters. The number of amides is 2. The number of carbonyl (C=O) groups excluding carboxylic acids is 2. The second-order valence-corrected chi connectivity index (χ2v) is 5.55. The van der Waals surface area contributed by atoms with Crippen molar-refractivity contribution in [1.29, 1.82) is 0 Å². The lowest BCUT2D eigenvalue weighted by molar-refractivity contribution is -0.118. The van der Waals surface area contributed by atoms with E-state index in [2.05, 4.69) is 29.7 Å². The Kier molecular flexibility index (Phi) is 9.75. The lowest BCUT2D eigenvalue weighted by Gasteiger charge is -2.07. The molecule has 4 heteroatoms. The minimum atomic E-state index is -0.243. The summed E-state index contributed by atoms with van der Waals surface area (Å²) in [5, 5.41) is 5.40. The predicted octanol–water partition coefficient (Wildman–Crippen LogP) is 3.46. The number of nitrogens with one attached hydrogen (secondary N) is 2. The van der Waals surface area contributed by atoms with Crippen LogP contribution < -0.4 is 10.6 Å². The molecule has 0 spiro atoms. The van der Waals surface area contributed by atoms with Crippen LogP contribution in [0.5, 0.6) is 0 Å². The van der Waals surface area contributed by atoms with Crippen molar-refractivity contribution < 1.29 is 9.59 Å². The van der Waals surface area contributed by atoms with E-state index in [1.165, 1.54) is 18.4 Å². The molecule has 0 heterocycles. The van der Waals surface area contributed by atoms with Crippen molar-refractivity contribution in [3.8, 4) is 0 Å². The van der Waals surface area contributed by atoms with Gasteiger partial charge in [-0.1, -0.05) is 56.5 Å². The van der Waals surface area contributed by atoms with Gasteiger partial charge in [0.25, 0.3) is 0 Å². The van der Waals surface area contributed by atoms with E-state index in [1.807, 2.05) is 18.2 Å². The van der Waals surface area contributed by atoms with E-state index in [0.717, 1.165) is 25.7 Å². The monoisotopic (exact) mass is 304 g/mol. The SMILES string of the molecule is CCCCCCNC(=O)NCC(=O)CCCc1ccccc1. The van der Waals surface area contributed by atoms with Crippen LogP contribution in [0.4, 0.5) is 4.79 Å². The van der Waals surface area contributed by atoms with Gasteiger partial charge < -0.3 is 10.6 Å². The van der Waals surface area contributed by atoms with Crippen LogP contribution in [0.15, 0.2) is 30.3 Å². The summed E-state index contributed by atoms with van der Waals surface area (Å²) in [4.78, 5) is 23.2. The molecule has 0 aromatic heterocycles. The van der Waals surface area contributed by atoms with Crippen molar-refractivity contribution in [2.45, 2.75) is 51.9 Å². The van der Waals surface area contributed by atoms with E-state index in [0.29, 0.717) is 13.0 Å². The topological polar surface area (TPSA) is 58.2 Å². The fourth-order valence-corrected chi connectivity index (χ4v) is 2.22. The van der Waals surface area contributed by atoms with Crippen molar-refractivity contribution in [3.05, 3.63) is 35.9 Å². The average Bonchev–Trinajstić information content (AvgIpc) is 2.54. The van der Waals surface area contributed by atoms with Crippen LogP contribution >= 0.6 is 0 Å². The fourth-order valence-electron chi connectivity index (χ4n) is 2.22. The van der Waals surface area contributed by atoms with Gasteiger partial charge in [0.2, 0.25) is 0 Å². The summed E-state index contributed by atoms with van der Waals surface area (Å²) in [7, 11) is 0. The van der Waals surface area contributed by atoms with Gasteiger partial charge >= 0.3 is 6.03 Å². The second-order valence-electron chi connectivity index (χ2n) is 5.55. The normalized spacial score (nSPS) is 10.2. The summed E-state index contributed by atoms with van der Waals surface area (Å²) in [6.45, 7) is 2.95. The summed E-state index contributed by atoms with van der Waals surface area (Å²) in [6.07, 6.45) is 6.74. The van der Waals surface area contributed by atoms with Crippen molar-refractivity contribution in [2.24, 2.45) is 0 Å². The zero-order valence-corrected chi connectivity index (χ0v) is 13.6. The first-order chi connectivity index (χ1) is 10.7. The number of hydrogen-bond donors (Lipinski definition) is 2. The zero-order valence-electron chi connectivity index (χ0n) is 13.6. The van der Waals surface area contributed by atoms with E-state index in [4.69, 9.17) is 0 Å². The highest BCUT2D eigenvalue weighted by atomic mass is 16.2. The maximum Gasteiger partial charge on any atom is 0.315 e. The smallest absolute Gasteiger partial charge is 0.315 e. The fraction of sp³-hybridized carbons (Fsp3) is 0.556. The number of Topliss-reactive ketones (excluding diaryl/α,β-unsaturated/α-hetero) is 1. The molecule has 22 heavy (non-hydrogen) atoms. The van der Waals surface area contributed by atoms with Gasteiger partial charge in [0, 0.05) is 13.0 Å². The molecule has 0 aliphatic rings. The lowest BCUT2D eigenvalue weighted by Crippen LogP contribution is -2.38. The van der Waals surface area contributed by atoms with Crippen LogP contribution in [0, 0.1) is 0 Å². The molecule has 1 rings (SSSR count). The Morgan fingerprint density at radius 3 is 2.45 bits per heavy atom. The minimum absolute atomic E-state index is 0.0806. The van der Waals surface area contributed by atoms with Gasteiger partial charge in [0.1, 0.15) is 0 Å². The third kappa shape index (κ3) is 9.16. The molecule has 0 bridgehead atoms. The molecule has 2 amide bonds. The molecule has 1 aromatic carbocycles. The first kappa shape index (κ1) is 18.2. The van der Waals surface area contributed by atoms with Crippen LogP contribution in [-0.4, -0.2) is 24.9 Å². The third-order valence-corrected chi connectivity index (χ3v) is 3.53. The number of hydrogen-bond acceptors (Lipinski definition) is 2. The number of urea groups is 1. The Morgan fingerprint density at radius 1 is 0.955 bits per heavy atom. The third-order valence-electron chi connectivity index (χ3n) is 3.53. The number of carbonyl (C=O) groups is 2. The molecule has 0 aliphatic heterocycles. The van der Waals surface area contributed by atoms with Crippen molar-refractivity contribution in [1.82, 2.24) is 10.6 Å². The molecule has 0 saturated heterocycles. The summed E-state index contributed by atoms with van der Waals surface area (Å²) in [5.74, 6) is 0.0806.